The SMILES string of the molecule is O=C(/C=c1\[nH]c(=O)/c(=C\c2cccc(Oc3ccccc3)c2)s1)c1ccco1. The molecule has 0 saturated carbocycles. The third-order valence-electron chi connectivity index (χ3n) is 3.84. The Morgan fingerprint density at radius 1 is 1.00 bits per heavy atom. The predicted molar refractivity (Wildman–Crippen MR) is 108 cm³/mol. The number of aromatic amines is 1. The van der Waals surface area contributed by atoms with Crippen molar-refractivity contribution in [3.63, 3.8) is 0 Å². The number of para-hydroxylation sites is 1. The third-order valence-corrected chi connectivity index (χ3v) is 4.80. The minimum absolute atomic E-state index is 0.227. The summed E-state index contributed by atoms with van der Waals surface area (Å²) in [6, 6.07) is 20.1. The third kappa shape index (κ3) is 4.19. The van der Waals surface area contributed by atoms with Crippen LogP contribution in [0.4, 0.5) is 0 Å². The van der Waals surface area contributed by atoms with Crippen molar-refractivity contribution in [3.05, 3.63) is 104 Å². The molecule has 4 aromatic rings. The number of carbonyl (C=O) groups is 1. The van der Waals surface area contributed by atoms with Gasteiger partial charge in [0.15, 0.2) is 5.76 Å². The number of benzene rings is 2. The lowest BCUT2D eigenvalue weighted by atomic mass is 10.2. The molecule has 28 heavy (non-hydrogen) atoms. The summed E-state index contributed by atoms with van der Waals surface area (Å²) >= 11 is 1.21. The Bertz CT molecular complexity index is 1270. The van der Waals surface area contributed by atoms with Gasteiger partial charge in [-0.25, -0.2) is 0 Å². The molecule has 0 saturated heterocycles. The van der Waals surface area contributed by atoms with Crippen molar-refractivity contribution in [1.82, 2.24) is 4.98 Å². The van der Waals surface area contributed by atoms with Gasteiger partial charge >= 0.3 is 0 Å². The minimum Gasteiger partial charge on any atom is -0.461 e. The molecular weight excluding hydrogens is 374 g/mol. The van der Waals surface area contributed by atoms with Gasteiger partial charge in [-0.15, -0.1) is 11.3 Å². The van der Waals surface area contributed by atoms with Gasteiger partial charge in [0, 0.05) is 6.08 Å². The summed E-state index contributed by atoms with van der Waals surface area (Å²) in [5.41, 5.74) is 0.572. The number of aromatic nitrogens is 1. The highest BCUT2D eigenvalue weighted by Gasteiger charge is 2.05. The van der Waals surface area contributed by atoms with Crippen molar-refractivity contribution >= 4 is 29.3 Å². The number of thiazole rings is 1. The predicted octanol–water partition coefficient (Wildman–Crippen LogP) is 3.31. The molecule has 138 valence electrons. The topological polar surface area (TPSA) is 72.3 Å². The van der Waals surface area contributed by atoms with E-state index in [1.807, 2.05) is 54.6 Å². The number of ether oxygens (including phenoxy) is 1. The molecule has 0 unspecified atom stereocenters. The number of Topliss-reactive ketones (excluding diaryl/α,β-unsaturated/α-hetero) is 1. The maximum Gasteiger partial charge on any atom is 0.266 e. The molecule has 2 aromatic carbocycles. The van der Waals surface area contributed by atoms with Crippen LogP contribution in [0.2, 0.25) is 0 Å². The summed E-state index contributed by atoms with van der Waals surface area (Å²) < 4.78 is 11.9. The van der Waals surface area contributed by atoms with Crippen LogP contribution in [0.15, 0.2) is 82.2 Å². The lowest BCUT2D eigenvalue weighted by Gasteiger charge is -2.05. The average Bonchev–Trinajstić information content (AvgIpc) is 3.34. The second kappa shape index (κ2) is 7.94. The van der Waals surface area contributed by atoms with Crippen LogP contribution in [0.25, 0.3) is 12.2 Å². The molecule has 0 radical (unpaired) electrons. The maximum absolute atomic E-state index is 12.2. The molecule has 6 heteroatoms. The minimum atomic E-state index is -0.299. The van der Waals surface area contributed by atoms with Gasteiger partial charge in [0.25, 0.3) is 5.56 Å². The van der Waals surface area contributed by atoms with Crippen LogP contribution in [0.3, 0.4) is 0 Å². The fraction of sp³-hybridized carbons (Fsp3) is 0. The molecule has 0 spiro atoms. The van der Waals surface area contributed by atoms with Crippen molar-refractivity contribution in [1.29, 1.82) is 0 Å². The first kappa shape index (κ1) is 17.8. The van der Waals surface area contributed by atoms with E-state index in [0.29, 0.717) is 14.9 Å². The Labute approximate surface area is 163 Å². The zero-order valence-electron chi connectivity index (χ0n) is 14.6. The number of hydrogen-bond acceptors (Lipinski definition) is 5. The lowest BCUT2D eigenvalue weighted by Crippen LogP contribution is -2.19. The van der Waals surface area contributed by atoms with Crippen molar-refractivity contribution in [2.75, 3.05) is 0 Å². The fourth-order valence-corrected chi connectivity index (χ4v) is 3.46. The van der Waals surface area contributed by atoms with E-state index >= 15 is 0 Å². The van der Waals surface area contributed by atoms with Crippen LogP contribution >= 0.6 is 11.3 Å². The summed E-state index contributed by atoms with van der Waals surface area (Å²) in [5.74, 6) is 1.34. The Hall–Kier alpha value is -3.64. The second-order valence-corrected chi connectivity index (χ2v) is 6.99. The van der Waals surface area contributed by atoms with Gasteiger partial charge in [-0.1, -0.05) is 30.3 Å². The van der Waals surface area contributed by atoms with Crippen molar-refractivity contribution in [3.8, 4) is 11.5 Å². The van der Waals surface area contributed by atoms with Crippen molar-refractivity contribution in [2.45, 2.75) is 0 Å². The summed E-state index contributed by atoms with van der Waals surface area (Å²) in [5, 5.41) is 0. The van der Waals surface area contributed by atoms with Crippen LogP contribution in [0, 0.1) is 0 Å². The van der Waals surface area contributed by atoms with Crippen LogP contribution in [0.5, 0.6) is 11.5 Å². The van der Waals surface area contributed by atoms with Crippen LogP contribution < -0.4 is 19.5 Å². The number of nitrogens with one attached hydrogen (secondary N) is 1. The number of rotatable bonds is 5. The van der Waals surface area contributed by atoms with Crippen molar-refractivity contribution in [2.24, 2.45) is 0 Å². The Kier molecular flexibility index (Phi) is 5.03. The van der Waals surface area contributed by atoms with Gasteiger partial charge in [-0.05, 0) is 48.0 Å². The van der Waals surface area contributed by atoms with Crippen LogP contribution in [-0.2, 0) is 0 Å². The van der Waals surface area contributed by atoms with Crippen molar-refractivity contribution < 1.29 is 13.9 Å². The summed E-state index contributed by atoms with van der Waals surface area (Å²) in [4.78, 5) is 27.0. The summed E-state index contributed by atoms with van der Waals surface area (Å²) in [7, 11) is 0. The second-order valence-electron chi connectivity index (χ2n) is 5.90. The maximum atomic E-state index is 12.2. The highest BCUT2D eigenvalue weighted by molar-refractivity contribution is 7.07. The van der Waals surface area contributed by atoms with Gasteiger partial charge in [-0.3, -0.25) is 9.59 Å². The molecule has 2 heterocycles. The van der Waals surface area contributed by atoms with E-state index in [4.69, 9.17) is 9.15 Å². The van der Waals surface area contributed by atoms with E-state index in [-0.39, 0.29) is 17.1 Å². The van der Waals surface area contributed by atoms with Gasteiger partial charge in [0.2, 0.25) is 5.78 Å². The van der Waals surface area contributed by atoms with E-state index in [9.17, 15) is 9.59 Å². The Morgan fingerprint density at radius 3 is 2.61 bits per heavy atom. The molecule has 5 nitrogen and oxygen atoms in total. The smallest absolute Gasteiger partial charge is 0.266 e. The Morgan fingerprint density at radius 2 is 1.82 bits per heavy atom. The standard InChI is InChI=1S/C22H15NO4S/c24-18(19-10-5-11-26-19)14-21-23-22(25)20(28-21)13-15-6-4-9-17(12-15)27-16-7-2-1-3-8-16/h1-14H,(H,23,25)/b20-13+,21-14+. The number of furan rings is 1. The molecule has 0 fully saturated rings. The molecule has 4 rings (SSSR count). The molecule has 0 amide bonds. The lowest BCUT2D eigenvalue weighted by molar-refractivity contribution is 0.103. The fourth-order valence-electron chi connectivity index (χ4n) is 2.58. The van der Waals surface area contributed by atoms with E-state index in [2.05, 4.69) is 4.98 Å². The molecule has 2 aromatic heterocycles. The first-order valence-corrected chi connectivity index (χ1v) is 9.32. The number of H-pyrrole nitrogens is 1. The summed E-state index contributed by atoms with van der Waals surface area (Å²) in [6.45, 7) is 0. The zero-order chi connectivity index (χ0) is 19.3. The van der Waals surface area contributed by atoms with E-state index in [0.717, 1.165) is 11.3 Å². The molecule has 0 bridgehead atoms. The summed E-state index contributed by atoms with van der Waals surface area (Å²) in [6.07, 6.45) is 4.55. The van der Waals surface area contributed by atoms with E-state index < -0.39 is 0 Å². The van der Waals surface area contributed by atoms with Crippen LogP contribution in [-0.4, -0.2) is 10.8 Å². The normalized spacial score (nSPS) is 12.3. The van der Waals surface area contributed by atoms with E-state index in [1.165, 1.54) is 23.7 Å². The van der Waals surface area contributed by atoms with Crippen LogP contribution in [0.1, 0.15) is 16.1 Å². The molecule has 0 aliphatic carbocycles. The van der Waals surface area contributed by atoms with Gasteiger partial charge in [0.05, 0.1) is 15.5 Å². The molecule has 1 N–H and O–H groups in total. The number of ketones is 1. The number of carbonyl (C=O) groups excluding carboxylic acids is 1. The Balaban J connectivity index is 1.63. The zero-order valence-corrected chi connectivity index (χ0v) is 15.4. The highest BCUT2D eigenvalue weighted by atomic mass is 32.1. The first-order valence-electron chi connectivity index (χ1n) is 8.51. The quantitative estimate of drug-likeness (QED) is 0.532. The first-order chi connectivity index (χ1) is 13.7. The molecular formula is C22H15NO4S. The molecule has 0 atom stereocenters. The monoisotopic (exact) mass is 389 g/mol. The highest BCUT2D eigenvalue weighted by Crippen LogP contribution is 2.21. The average molecular weight is 389 g/mol. The largest absolute Gasteiger partial charge is 0.461 e. The van der Waals surface area contributed by atoms with Gasteiger partial charge in [-0.2, -0.15) is 0 Å². The molecule has 0 aliphatic heterocycles. The van der Waals surface area contributed by atoms with E-state index in [1.54, 1.807) is 18.2 Å². The number of hydrogen-bond donors (Lipinski definition) is 1. The molecule has 0 aliphatic rings. The van der Waals surface area contributed by atoms with Gasteiger partial charge in [0.1, 0.15) is 11.5 Å². The van der Waals surface area contributed by atoms with Gasteiger partial charge < -0.3 is 14.1 Å².